The largest absolute Gasteiger partial charge is 0.338 e. The van der Waals surface area contributed by atoms with Gasteiger partial charge in [-0.2, -0.15) is 0 Å². The van der Waals surface area contributed by atoms with Crippen LogP contribution in [0.15, 0.2) is 29.2 Å². The number of rotatable bonds is 4. The van der Waals surface area contributed by atoms with Crippen LogP contribution in [0.2, 0.25) is 5.02 Å². The average Bonchev–Trinajstić information content (AvgIpc) is 3.14. The van der Waals surface area contributed by atoms with Gasteiger partial charge >= 0.3 is 0 Å². The Morgan fingerprint density at radius 3 is 2.50 bits per heavy atom. The van der Waals surface area contributed by atoms with Gasteiger partial charge in [0.15, 0.2) is 0 Å². The number of aromatic nitrogens is 3. The van der Waals surface area contributed by atoms with Crippen LogP contribution in [0.25, 0.3) is 22.4 Å². The highest BCUT2D eigenvalue weighted by Gasteiger charge is 2.37. The van der Waals surface area contributed by atoms with E-state index in [1.165, 1.54) is 11.1 Å². The Balaban J connectivity index is 1.77. The number of imide groups is 1. The number of nitrogens with one attached hydrogen (secondary N) is 2. The van der Waals surface area contributed by atoms with Crippen LogP contribution in [-0.4, -0.2) is 63.2 Å². The fourth-order valence-corrected chi connectivity index (χ4v) is 3.42. The minimum atomic E-state index is -0.380. The van der Waals surface area contributed by atoms with Crippen LogP contribution in [-0.2, 0) is 0 Å². The topological polar surface area (TPSA) is 102 Å². The van der Waals surface area contributed by atoms with Crippen molar-refractivity contribution < 1.29 is 9.59 Å². The molecule has 0 saturated heterocycles. The first-order chi connectivity index (χ1) is 13.3. The molecule has 2 N–H and O–H groups in total. The van der Waals surface area contributed by atoms with Crippen molar-refractivity contribution in [3.05, 3.63) is 50.9 Å². The number of amides is 2. The zero-order valence-corrected chi connectivity index (χ0v) is 16.3. The highest BCUT2D eigenvalue weighted by molar-refractivity contribution is 6.33. The average molecular weight is 400 g/mol. The van der Waals surface area contributed by atoms with E-state index in [4.69, 9.17) is 11.6 Å². The van der Waals surface area contributed by atoms with Gasteiger partial charge in [-0.05, 0) is 39.2 Å². The van der Waals surface area contributed by atoms with Crippen LogP contribution >= 0.6 is 11.6 Å². The lowest BCUT2D eigenvalue weighted by Gasteiger charge is -2.24. The van der Waals surface area contributed by atoms with Crippen LogP contribution in [0.5, 0.6) is 0 Å². The molecule has 0 fully saturated rings. The second-order valence-corrected chi connectivity index (χ2v) is 7.47. The first-order valence-electron chi connectivity index (χ1n) is 8.72. The predicted octanol–water partition coefficient (Wildman–Crippen LogP) is 2.12. The van der Waals surface area contributed by atoms with E-state index < -0.39 is 0 Å². The van der Waals surface area contributed by atoms with Gasteiger partial charge in [-0.15, -0.1) is 0 Å². The Morgan fingerprint density at radius 1 is 1.18 bits per heavy atom. The molecule has 8 nitrogen and oxygen atoms in total. The van der Waals surface area contributed by atoms with Crippen molar-refractivity contribution >= 4 is 34.4 Å². The molecule has 1 aromatic carbocycles. The summed E-state index contributed by atoms with van der Waals surface area (Å²) in [5.41, 5.74) is 1.50. The number of halogens is 1. The fraction of sp³-hybridized carbons (Fsp3) is 0.263. The highest BCUT2D eigenvalue weighted by Crippen LogP contribution is 2.30. The van der Waals surface area contributed by atoms with E-state index >= 15 is 0 Å². The minimum absolute atomic E-state index is 0.0313. The van der Waals surface area contributed by atoms with E-state index in [0.29, 0.717) is 28.7 Å². The maximum absolute atomic E-state index is 12.8. The van der Waals surface area contributed by atoms with Crippen molar-refractivity contribution in [1.29, 1.82) is 0 Å². The Kier molecular flexibility index (Phi) is 4.32. The Labute approximate surface area is 165 Å². The van der Waals surface area contributed by atoms with Crippen LogP contribution in [0.3, 0.4) is 0 Å². The lowest BCUT2D eigenvalue weighted by atomic mass is 10.1. The summed E-state index contributed by atoms with van der Waals surface area (Å²) < 4.78 is 0. The molecule has 2 amide bonds. The number of carbonyl (C=O) groups is 2. The van der Waals surface area contributed by atoms with Crippen LogP contribution < -0.4 is 5.56 Å². The fourth-order valence-electron chi connectivity index (χ4n) is 3.18. The summed E-state index contributed by atoms with van der Waals surface area (Å²) >= 11 is 6.13. The third kappa shape index (κ3) is 2.81. The molecular formula is C19H18ClN5O3. The molecule has 3 aromatic rings. The van der Waals surface area contributed by atoms with Crippen molar-refractivity contribution in [2.45, 2.75) is 13.0 Å². The van der Waals surface area contributed by atoms with Crippen molar-refractivity contribution in [1.82, 2.24) is 24.8 Å². The normalized spacial score (nSPS) is 15.0. The van der Waals surface area contributed by atoms with E-state index in [1.54, 1.807) is 18.2 Å². The van der Waals surface area contributed by atoms with Gasteiger partial charge in [0, 0.05) is 18.8 Å². The third-order valence-electron chi connectivity index (χ3n) is 5.05. The lowest BCUT2D eigenvalue weighted by Crippen LogP contribution is -2.41. The number of fused-ring (bicyclic) bond motifs is 2. The predicted molar refractivity (Wildman–Crippen MR) is 106 cm³/mol. The van der Waals surface area contributed by atoms with Crippen LogP contribution in [0, 0.1) is 0 Å². The molecule has 0 unspecified atom stereocenters. The minimum Gasteiger partial charge on any atom is -0.338 e. The monoisotopic (exact) mass is 399 g/mol. The number of pyridine rings is 1. The smallest absolute Gasteiger partial charge is 0.261 e. The van der Waals surface area contributed by atoms with Crippen molar-refractivity contribution in [3.63, 3.8) is 0 Å². The van der Waals surface area contributed by atoms with E-state index in [-0.39, 0.29) is 39.8 Å². The molecule has 144 valence electrons. The van der Waals surface area contributed by atoms with Gasteiger partial charge in [-0.1, -0.05) is 11.6 Å². The summed E-state index contributed by atoms with van der Waals surface area (Å²) in [7, 11) is 3.79. The molecule has 0 bridgehead atoms. The second-order valence-electron chi connectivity index (χ2n) is 7.06. The molecule has 1 atom stereocenters. The summed E-state index contributed by atoms with van der Waals surface area (Å²) in [6.45, 7) is 2.25. The molecule has 2 aromatic heterocycles. The van der Waals surface area contributed by atoms with Gasteiger partial charge in [0.2, 0.25) is 0 Å². The van der Waals surface area contributed by atoms with E-state index in [2.05, 4.69) is 15.0 Å². The van der Waals surface area contributed by atoms with Gasteiger partial charge < -0.3 is 14.9 Å². The number of hydrogen-bond acceptors (Lipinski definition) is 5. The zero-order valence-electron chi connectivity index (χ0n) is 15.5. The van der Waals surface area contributed by atoms with Gasteiger partial charge in [0.25, 0.3) is 17.4 Å². The molecule has 9 heteroatoms. The number of imidazole rings is 1. The maximum Gasteiger partial charge on any atom is 0.261 e. The molecule has 3 heterocycles. The van der Waals surface area contributed by atoms with Crippen molar-refractivity contribution in [2.24, 2.45) is 0 Å². The van der Waals surface area contributed by atoms with Gasteiger partial charge in [0.1, 0.15) is 11.4 Å². The molecule has 28 heavy (non-hydrogen) atoms. The van der Waals surface area contributed by atoms with Gasteiger partial charge in [-0.3, -0.25) is 19.3 Å². The maximum atomic E-state index is 12.8. The molecule has 0 spiro atoms. The van der Waals surface area contributed by atoms with E-state index in [9.17, 15) is 14.4 Å². The Morgan fingerprint density at radius 2 is 1.86 bits per heavy atom. The highest BCUT2D eigenvalue weighted by atomic mass is 35.5. The van der Waals surface area contributed by atoms with Gasteiger partial charge in [0.05, 0.1) is 27.2 Å². The molecule has 4 rings (SSSR count). The van der Waals surface area contributed by atoms with E-state index in [0.717, 1.165) is 0 Å². The number of benzene rings is 1. The molecule has 0 saturated carbocycles. The summed E-state index contributed by atoms with van der Waals surface area (Å²) in [5.74, 6) is -0.387. The SMILES string of the molecule is C[C@@H](CN1C(=O)c2cc3nc(-c4c(Cl)cc[nH]c4=O)[nH]c3cc2C1=O)N(C)C. The van der Waals surface area contributed by atoms with Crippen molar-refractivity contribution in [2.75, 3.05) is 20.6 Å². The standard InChI is InChI=1S/C19H18ClN5O3/c1-9(24(2)3)8-25-18(27)10-6-13-14(7-11(10)19(25)28)23-16(22-13)15-12(20)4-5-21-17(15)26/h4-7,9H,8H2,1-3H3,(H,21,26)(H,22,23)/t9-/m0/s1. The summed E-state index contributed by atoms with van der Waals surface area (Å²) in [5, 5.41) is 0.256. The number of H-pyrrole nitrogens is 2. The van der Waals surface area contributed by atoms with Crippen LogP contribution in [0.4, 0.5) is 0 Å². The molecule has 0 radical (unpaired) electrons. The number of hydrogen-bond donors (Lipinski definition) is 2. The van der Waals surface area contributed by atoms with Crippen molar-refractivity contribution in [3.8, 4) is 11.4 Å². The first kappa shape index (κ1) is 18.4. The quantitative estimate of drug-likeness (QED) is 0.654. The summed E-state index contributed by atoms with van der Waals surface area (Å²) in [6.07, 6.45) is 1.45. The molecular weight excluding hydrogens is 382 g/mol. The van der Waals surface area contributed by atoms with Crippen LogP contribution in [0.1, 0.15) is 27.6 Å². The number of nitrogens with zero attached hydrogens (tertiary/aromatic N) is 3. The van der Waals surface area contributed by atoms with E-state index in [1.807, 2.05) is 25.9 Å². The zero-order chi connectivity index (χ0) is 20.2. The second kappa shape index (κ2) is 6.57. The summed E-state index contributed by atoms with van der Waals surface area (Å²) in [4.78, 5) is 50.8. The van der Waals surface area contributed by atoms with Gasteiger partial charge in [-0.25, -0.2) is 4.98 Å². The molecule has 1 aliphatic heterocycles. The molecule has 1 aliphatic rings. The number of carbonyl (C=O) groups excluding carboxylic acids is 2. The molecule has 0 aliphatic carbocycles. The summed E-state index contributed by atoms with van der Waals surface area (Å²) in [6, 6.07) is 4.77. The number of aromatic amines is 2. The first-order valence-corrected chi connectivity index (χ1v) is 9.09. The lowest BCUT2D eigenvalue weighted by molar-refractivity contribution is 0.0618. The Hall–Kier alpha value is -2.97. The third-order valence-corrected chi connectivity index (χ3v) is 5.36. The Bertz CT molecular complexity index is 1130. The number of likely N-dealkylation sites (N-methyl/N-ethyl adjacent to an activating group) is 1.